The highest BCUT2D eigenvalue weighted by Gasteiger charge is 2.22. The largest absolute Gasteiger partial charge is 0.439 e. The van der Waals surface area contributed by atoms with Gasteiger partial charge in [0.2, 0.25) is 11.8 Å². The SMILES string of the molecule is CCCNC(=O)N(C(C)=O)c1ccc(Oc2ccc(C#N)cc2C(C)(C)C)nc1. The van der Waals surface area contributed by atoms with Gasteiger partial charge in [0.25, 0.3) is 0 Å². The summed E-state index contributed by atoms with van der Waals surface area (Å²) in [5.74, 6) is 0.512. The number of benzene rings is 1. The Labute approximate surface area is 171 Å². The summed E-state index contributed by atoms with van der Waals surface area (Å²) < 4.78 is 5.93. The van der Waals surface area contributed by atoms with E-state index in [1.54, 1.807) is 30.3 Å². The Hall–Kier alpha value is -3.40. The number of carbonyl (C=O) groups is 2. The lowest BCUT2D eigenvalue weighted by atomic mass is 9.85. The van der Waals surface area contributed by atoms with Crippen LogP contribution in [0.2, 0.25) is 0 Å². The number of hydrogen-bond acceptors (Lipinski definition) is 5. The van der Waals surface area contributed by atoms with Gasteiger partial charge >= 0.3 is 6.03 Å². The van der Waals surface area contributed by atoms with Crippen molar-refractivity contribution in [2.24, 2.45) is 0 Å². The van der Waals surface area contributed by atoms with Crippen LogP contribution in [0.3, 0.4) is 0 Å². The van der Waals surface area contributed by atoms with E-state index in [-0.39, 0.29) is 5.41 Å². The molecular weight excluding hydrogens is 368 g/mol. The number of ether oxygens (including phenoxy) is 1. The molecule has 0 spiro atoms. The lowest BCUT2D eigenvalue weighted by Crippen LogP contribution is -2.43. The first-order chi connectivity index (χ1) is 13.7. The normalized spacial score (nSPS) is 10.8. The fraction of sp³-hybridized carbons (Fsp3) is 0.364. The van der Waals surface area contributed by atoms with Gasteiger partial charge in [-0.1, -0.05) is 27.7 Å². The molecule has 0 radical (unpaired) electrons. The zero-order valence-corrected chi connectivity index (χ0v) is 17.4. The molecule has 0 aliphatic carbocycles. The maximum Gasteiger partial charge on any atom is 0.328 e. The van der Waals surface area contributed by atoms with Crippen molar-refractivity contribution in [3.05, 3.63) is 47.7 Å². The Morgan fingerprint density at radius 3 is 2.48 bits per heavy atom. The van der Waals surface area contributed by atoms with Gasteiger partial charge in [0.05, 0.1) is 23.5 Å². The Balaban J connectivity index is 2.28. The number of hydrogen-bond donors (Lipinski definition) is 1. The number of nitrogens with zero attached hydrogens (tertiary/aromatic N) is 3. The molecule has 2 rings (SSSR count). The minimum atomic E-state index is -0.489. The number of pyridine rings is 1. The molecule has 0 bridgehead atoms. The predicted molar refractivity (Wildman–Crippen MR) is 111 cm³/mol. The Bertz CT molecular complexity index is 925. The van der Waals surface area contributed by atoms with Crippen molar-refractivity contribution in [1.82, 2.24) is 10.3 Å². The van der Waals surface area contributed by atoms with E-state index in [1.165, 1.54) is 13.1 Å². The van der Waals surface area contributed by atoms with E-state index in [0.717, 1.165) is 16.9 Å². The summed E-state index contributed by atoms with van der Waals surface area (Å²) in [5, 5.41) is 11.8. The highest BCUT2D eigenvalue weighted by atomic mass is 16.5. The number of urea groups is 1. The number of aromatic nitrogens is 1. The Morgan fingerprint density at radius 2 is 1.97 bits per heavy atom. The Morgan fingerprint density at radius 1 is 1.24 bits per heavy atom. The van der Waals surface area contributed by atoms with Gasteiger partial charge in [-0.15, -0.1) is 0 Å². The first-order valence-corrected chi connectivity index (χ1v) is 9.44. The lowest BCUT2D eigenvalue weighted by Gasteiger charge is -2.23. The van der Waals surface area contributed by atoms with Crippen molar-refractivity contribution >= 4 is 17.6 Å². The van der Waals surface area contributed by atoms with Crippen LogP contribution in [-0.2, 0) is 10.2 Å². The van der Waals surface area contributed by atoms with Gasteiger partial charge in [-0.25, -0.2) is 14.7 Å². The first-order valence-electron chi connectivity index (χ1n) is 9.44. The second-order valence-corrected chi connectivity index (χ2v) is 7.62. The van der Waals surface area contributed by atoms with Crippen LogP contribution in [0.5, 0.6) is 11.6 Å². The maximum atomic E-state index is 12.2. The van der Waals surface area contributed by atoms with Crippen molar-refractivity contribution in [2.75, 3.05) is 11.4 Å². The van der Waals surface area contributed by atoms with E-state index in [9.17, 15) is 9.59 Å². The van der Waals surface area contributed by atoms with Gasteiger partial charge in [-0.3, -0.25) is 4.79 Å². The van der Waals surface area contributed by atoms with E-state index in [0.29, 0.717) is 29.4 Å². The molecule has 7 heteroatoms. The molecule has 0 fully saturated rings. The van der Waals surface area contributed by atoms with E-state index in [4.69, 9.17) is 10.00 Å². The fourth-order valence-corrected chi connectivity index (χ4v) is 2.71. The molecule has 1 heterocycles. The molecule has 0 aliphatic rings. The molecule has 1 N–H and O–H groups in total. The van der Waals surface area contributed by atoms with Crippen LogP contribution in [0, 0.1) is 11.3 Å². The van der Waals surface area contributed by atoms with Crippen LogP contribution in [-0.4, -0.2) is 23.5 Å². The van der Waals surface area contributed by atoms with Crippen LogP contribution >= 0.6 is 0 Å². The number of rotatable bonds is 5. The molecule has 1 aromatic carbocycles. The van der Waals surface area contributed by atoms with Gasteiger partial charge in [0.1, 0.15) is 5.75 Å². The molecule has 2 aromatic rings. The highest BCUT2D eigenvalue weighted by Crippen LogP contribution is 2.34. The van der Waals surface area contributed by atoms with E-state index < -0.39 is 11.9 Å². The predicted octanol–water partition coefficient (Wildman–Crippen LogP) is 4.52. The molecule has 0 saturated heterocycles. The van der Waals surface area contributed by atoms with Gasteiger partial charge in [-0.2, -0.15) is 5.26 Å². The summed E-state index contributed by atoms with van der Waals surface area (Å²) in [6, 6.07) is 10.1. The van der Waals surface area contributed by atoms with E-state index in [1.807, 2.05) is 27.7 Å². The van der Waals surface area contributed by atoms with Crippen LogP contribution < -0.4 is 15.0 Å². The third kappa shape index (κ3) is 5.55. The number of carbonyl (C=O) groups excluding carboxylic acids is 2. The van der Waals surface area contributed by atoms with Crippen LogP contribution in [0.1, 0.15) is 52.2 Å². The second-order valence-electron chi connectivity index (χ2n) is 7.62. The third-order valence-electron chi connectivity index (χ3n) is 4.15. The van der Waals surface area contributed by atoms with Crippen molar-refractivity contribution in [1.29, 1.82) is 5.26 Å². The molecule has 29 heavy (non-hydrogen) atoms. The van der Waals surface area contributed by atoms with Crippen LogP contribution in [0.15, 0.2) is 36.5 Å². The lowest BCUT2D eigenvalue weighted by molar-refractivity contribution is -0.115. The summed E-state index contributed by atoms with van der Waals surface area (Å²) in [7, 11) is 0. The highest BCUT2D eigenvalue weighted by molar-refractivity contribution is 6.13. The molecular formula is C22H26N4O3. The number of nitriles is 1. The van der Waals surface area contributed by atoms with Gasteiger partial charge in [0, 0.05) is 25.1 Å². The van der Waals surface area contributed by atoms with Crippen molar-refractivity contribution < 1.29 is 14.3 Å². The van der Waals surface area contributed by atoms with Crippen LogP contribution in [0.4, 0.5) is 10.5 Å². The summed E-state index contributed by atoms with van der Waals surface area (Å²) in [6.45, 7) is 9.83. The van der Waals surface area contributed by atoms with E-state index in [2.05, 4.69) is 16.4 Å². The second kappa shape index (κ2) is 9.20. The van der Waals surface area contributed by atoms with Crippen molar-refractivity contribution in [2.45, 2.75) is 46.5 Å². The van der Waals surface area contributed by atoms with Crippen molar-refractivity contribution in [3.63, 3.8) is 0 Å². The molecule has 0 saturated carbocycles. The number of amides is 3. The number of imide groups is 1. The van der Waals surface area contributed by atoms with Crippen molar-refractivity contribution in [3.8, 4) is 17.7 Å². The number of nitrogens with one attached hydrogen (secondary N) is 1. The standard InChI is InChI=1S/C22H26N4O3/c1-6-11-24-21(28)26(15(2)27)17-8-10-20(25-14-17)29-19-9-7-16(13-23)12-18(19)22(3,4)5/h7-10,12,14H,6,11H2,1-5H3,(H,24,28). The topological polar surface area (TPSA) is 95.3 Å². The average Bonchev–Trinajstić information content (AvgIpc) is 2.67. The monoisotopic (exact) mass is 394 g/mol. The Kier molecular flexibility index (Phi) is 6.94. The minimum Gasteiger partial charge on any atom is -0.439 e. The minimum absolute atomic E-state index is 0.231. The molecule has 0 atom stereocenters. The molecule has 3 amide bonds. The molecule has 7 nitrogen and oxygen atoms in total. The van der Waals surface area contributed by atoms with Gasteiger partial charge in [0.15, 0.2) is 0 Å². The van der Waals surface area contributed by atoms with Crippen LogP contribution in [0.25, 0.3) is 0 Å². The summed E-state index contributed by atoms with van der Waals surface area (Å²) in [5.41, 5.74) is 1.56. The quantitative estimate of drug-likeness (QED) is 0.805. The maximum absolute atomic E-state index is 12.2. The molecule has 0 aliphatic heterocycles. The summed E-state index contributed by atoms with van der Waals surface area (Å²) >= 11 is 0. The summed E-state index contributed by atoms with van der Waals surface area (Å²) in [4.78, 5) is 29.4. The fourth-order valence-electron chi connectivity index (χ4n) is 2.71. The van der Waals surface area contributed by atoms with Gasteiger partial charge in [-0.05, 0) is 36.1 Å². The van der Waals surface area contributed by atoms with Gasteiger partial charge < -0.3 is 10.1 Å². The molecule has 0 unspecified atom stereocenters. The zero-order chi connectivity index (χ0) is 21.6. The zero-order valence-electron chi connectivity index (χ0n) is 17.4. The average molecular weight is 394 g/mol. The smallest absolute Gasteiger partial charge is 0.328 e. The molecule has 152 valence electrons. The number of anilines is 1. The van der Waals surface area contributed by atoms with E-state index >= 15 is 0 Å². The molecule has 1 aromatic heterocycles. The third-order valence-corrected chi connectivity index (χ3v) is 4.15. The summed E-state index contributed by atoms with van der Waals surface area (Å²) in [6.07, 6.45) is 2.19. The first kappa shape index (κ1) is 21.9.